The molecule has 0 aliphatic carbocycles. The van der Waals surface area contributed by atoms with Crippen molar-refractivity contribution in [3.05, 3.63) is 23.8 Å². The topological polar surface area (TPSA) is 50.7 Å². The fraction of sp³-hybridized carbons (Fsp3) is 0.538. The fourth-order valence-electron chi connectivity index (χ4n) is 2.26. The van der Waals surface area contributed by atoms with Crippen molar-refractivity contribution in [3.8, 4) is 11.5 Å². The van der Waals surface area contributed by atoms with Crippen LogP contribution in [0.25, 0.3) is 0 Å². The lowest BCUT2D eigenvalue weighted by molar-refractivity contribution is 0.0964. The van der Waals surface area contributed by atoms with E-state index in [1.54, 1.807) is 14.2 Å². The molecule has 4 nitrogen and oxygen atoms in total. The Kier molecular flexibility index (Phi) is 3.86. The molecule has 0 amide bonds. The molecule has 0 saturated carbocycles. The molecule has 0 spiro atoms. The van der Waals surface area contributed by atoms with Crippen LogP contribution in [0.15, 0.2) is 18.2 Å². The van der Waals surface area contributed by atoms with Crippen LogP contribution < -0.4 is 14.8 Å². The maximum Gasteiger partial charge on any atom is 0.161 e. The fourth-order valence-corrected chi connectivity index (χ4v) is 2.26. The highest BCUT2D eigenvalue weighted by Crippen LogP contribution is 2.32. The van der Waals surface area contributed by atoms with Crippen molar-refractivity contribution in [3.63, 3.8) is 0 Å². The lowest BCUT2D eigenvalue weighted by Crippen LogP contribution is -2.37. The zero-order valence-electron chi connectivity index (χ0n) is 10.3. The Morgan fingerprint density at radius 2 is 2.00 bits per heavy atom. The van der Waals surface area contributed by atoms with Crippen LogP contribution in [0.3, 0.4) is 0 Å². The Morgan fingerprint density at radius 1 is 1.24 bits per heavy atom. The van der Waals surface area contributed by atoms with Crippen molar-refractivity contribution in [2.75, 3.05) is 20.8 Å². The predicted octanol–water partition coefficient (Wildman–Crippen LogP) is 1.49. The van der Waals surface area contributed by atoms with Crippen LogP contribution in [0.1, 0.15) is 24.4 Å². The van der Waals surface area contributed by atoms with Gasteiger partial charge in [-0.05, 0) is 37.1 Å². The second-order valence-corrected chi connectivity index (χ2v) is 4.26. The Morgan fingerprint density at radius 3 is 2.65 bits per heavy atom. The lowest BCUT2D eigenvalue weighted by Gasteiger charge is -2.29. The maximum atomic E-state index is 9.98. The molecule has 2 N–H and O–H groups in total. The van der Waals surface area contributed by atoms with E-state index in [-0.39, 0.29) is 12.1 Å². The third-order valence-corrected chi connectivity index (χ3v) is 3.19. The lowest BCUT2D eigenvalue weighted by atomic mass is 9.94. The van der Waals surface area contributed by atoms with Crippen LogP contribution in [-0.2, 0) is 0 Å². The van der Waals surface area contributed by atoms with Crippen LogP contribution in [0.5, 0.6) is 11.5 Å². The first-order valence-electron chi connectivity index (χ1n) is 5.89. The highest BCUT2D eigenvalue weighted by atomic mass is 16.5. The molecular weight excluding hydrogens is 218 g/mol. The zero-order chi connectivity index (χ0) is 12.3. The molecule has 1 aromatic carbocycles. The van der Waals surface area contributed by atoms with Gasteiger partial charge in [0.15, 0.2) is 11.5 Å². The second kappa shape index (κ2) is 5.38. The maximum absolute atomic E-state index is 9.98. The molecule has 1 fully saturated rings. The summed E-state index contributed by atoms with van der Waals surface area (Å²) in [5.41, 5.74) is 1.04. The van der Waals surface area contributed by atoms with Gasteiger partial charge in [0.25, 0.3) is 0 Å². The summed E-state index contributed by atoms with van der Waals surface area (Å²) in [5.74, 6) is 1.41. The first-order chi connectivity index (χ1) is 8.26. The number of rotatable bonds is 3. The molecule has 1 heterocycles. The first kappa shape index (κ1) is 12.2. The summed E-state index contributed by atoms with van der Waals surface area (Å²) >= 11 is 0. The Hall–Kier alpha value is -1.26. The van der Waals surface area contributed by atoms with E-state index in [1.165, 1.54) is 0 Å². The van der Waals surface area contributed by atoms with Gasteiger partial charge in [-0.1, -0.05) is 6.07 Å². The van der Waals surface area contributed by atoms with E-state index in [1.807, 2.05) is 18.2 Å². The Bertz CT molecular complexity index is 381. The van der Waals surface area contributed by atoms with Crippen LogP contribution in [-0.4, -0.2) is 32.0 Å². The number of aliphatic hydroxyl groups is 1. The van der Waals surface area contributed by atoms with E-state index in [4.69, 9.17) is 9.47 Å². The third kappa shape index (κ3) is 2.53. The molecule has 2 unspecified atom stereocenters. The summed E-state index contributed by atoms with van der Waals surface area (Å²) in [6.45, 7) is 0.941. The van der Waals surface area contributed by atoms with Gasteiger partial charge in [-0.3, -0.25) is 0 Å². The van der Waals surface area contributed by atoms with Crippen molar-refractivity contribution in [1.82, 2.24) is 5.32 Å². The number of nitrogens with one attached hydrogen (secondary N) is 1. The third-order valence-electron chi connectivity index (χ3n) is 3.19. The number of benzene rings is 1. The Balaban J connectivity index is 2.25. The average molecular weight is 237 g/mol. The number of aliphatic hydroxyl groups excluding tert-OH is 1. The van der Waals surface area contributed by atoms with E-state index < -0.39 is 0 Å². The van der Waals surface area contributed by atoms with E-state index in [9.17, 15) is 5.11 Å². The van der Waals surface area contributed by atoms with Crippen molar-refractivity contribution < 1.29 is 14.6 Å². The number of ether oxygens (including phenoxy) is 2. The van der Waals surface area contributed by atoms with E-state index >= 15 is 0 Å². The van der Waals surface area contributed by atoms with Crippen molar-refractivity contribution in [1.29, 1.82) is 0 Å². The molecule has 1 aliphatic rings. The van der Waals surface area contributed by atoms with E-state index in [0.717, 1.165) is 24.9 Å². The molecular formula is C13H19NO3. The summed E-state index contributed by atoms with van der Waals surface area (Å²) in [6.07, 6.45) is 1.53. The molecule has 17 heavy (non-hydrogen) atoms. The summed E-state index contributed by atoms with van der Waals surface area (Å²) in [6, 6.07) is 5.75. The number of methoxy groups -OCH3 is 2. The van der Waals surface area contributed by atoms with Gasteiger partial charge in [0.2, 0.25) is 0 Å². The van der Waals surface area contributed by atoms with Gasteiger partial charge in [0.1, 0.15) is 0 Å². The minimum atomic E-state index is -0.332. The van der Waals surface area contributed by atoms with Crippen molar-refractivity contribution in [2.24, 2.45) is 0 Å². The minimum absolute atomic E-state index is 0.0106. The molecule has 1 aliphatic heterocycles. The van der Waals surface area contributed by atoms with Gasteiger partial charge in [0, 0.05) is 0 Å². The summed E-state index contributed by atoms with van der Waals surface area (Å²) in [4.78, 5) is 0. The largest absolute Gasteiger partial charge is 0.493 e. The molecule has 4 heteroatoms. The number of piperidine rings is 1. The monoisotopic (exact) mass is 237 g/mol. The average Bonchev–Trinajstić information content (AvgIpc) is 2.38. The SMILES string of the molecule is COc1ccc(C2NCCCC2O)cc1OC. The summed E-state index contributed by atoms with van der Waals surface area (Å²) in [5, 5.41) is 13.3. The quantitative estimate of drug-likeness (QED) is 0.836. The van der Waals surface area contributed by atoms with Gasteiger partial charge in [-0.25, -0.2) is 0 Å². The van der Waals surface area contributed by atoms with Crippen LogP contribution in [0.2, 0.25) is 0 Å². The van der Waals surface area contributed by atoms with E-state index in [0.29, 0.717) is 11.5 Å². The van der Waals surface area contributed by atoms with Crippen LogP contribution in [0.4, 0.5) is 0 Å². The van der Waals surface area contributed by atoms with Gasteiger partial charge in [0.05, 0.1) is 26.4 Å². The number of hydrogen-bond acceptors (Lipinski definition) is 4. The molecule has 1 aromatic rings. The standard InChI is InChI=1S/C13H19NO3/c1-16-11-6-5-9(8-12(11)17-2)13-10(15)4-3-7-14-13/h5-6,8,10,13-15H,3-4,7H2,1-2H3. The van der Waals surface area contributed by atoms with Gasteiger partial charge in [-0.15, -0.1) is 0 Å². The molecule has 2 rings (SSSR count). The predicted molar refractivity (Wildman–Crippen MR) is 65.5 cm³/mol. The zero-order valence-corrected chi connectivity index (χ0v) is 10.3. The molecule has 0 radical (unpaired) electrons. The minimum Gasteiger partial charge on any atom is -0.493 e. The van der Waals surface area contributed by atoms with Gasteiger partial charge >= 0.3 is 0 Å². The van der Waals surface area contributed by atoms with E-state index in [2.05, 4.69) is 5.32 Å². The van der Waals surface area contributed by atoms with Gasteiger partial charge < -0.3 is 19.9 Å². The van der Waals surface area contributed by atoms with Crippen LogP contribution in [0, 0.1) is 0 Å². The van der Waals surface area contributed by atoms with Crippen molar-refractivity contribution in [2.45, 2.75) is 25.0 Å². The first-order valence-corrected chi connectivity index (χ1v) is 5.89. The number of hydrogen-bond donors (Lipinski definition) is 2. The van der Waals surface area contributed by atoms with Gasteiger partial charge in [-0.2, -0.15) is 0 Å². The molecule has 1 saturated heterocycles. The molecule has 0 bridgehead atoms. The molecule has 2 atom stereocenters. The normalized spacial score (nSPS) is 24.4. The highest BCUT2D eigenvalue weighted by molar-refractivity contribution is 5.44. The second-order valence-electron chi connectivity index (χ2n) is 4.26. The highest BCUT2D eigenvalue weighted by Gasteiger charge is 2.24. The smallest absolute Gasteiger partial charge is 0.161 e. The van der Waals surface area contributed by atoms with Crippen molar-refractivity contribution >= 4 is 0 Å². The summed E-state index contributed by atoms with van der Waals surface area (Å²) in [7, 11) is 3.23. The Labute approximate surface area is 102 Å². The molecule has 94 valence electrons. The van der Waals surface area contributed by atoms with Crippen LogP contribution >= 0.6 is 0 Å². The molecule has 0 aromatic heterocycles. The summed E-state index contributed by atoms with van der Waals surface area (Å²) < 4.78 is 10.5.